The zero-order chi connectivity index (χ0) is 19.9. The highest BCUT2D eigenvalue weighted by Gasteiger charge is 2.38. The highest BCUT2D eigenvalue weighted by atomic mass is 16.5. The van der Waals surface area contributed by atoms with Crippen molar-refractivity contribution >= 4 is 23.4 Å². The number of hydrogen-bond donors (Lipinski definition) is 2. The molecule has 3 amide bonds. The van der Waals surface area contributed by atoms with E-state index in [9.17, 15) is 14.4 Å². The smallest absolute Gasteiger partial charge is 0.310 e. The summed E-state index contributed by atoms with van der Waals surface area (Å²) < 4.78 is 5.30. The Hall–Kier alpha value is -2.45. The lowest BCUT2D eigenvalue weighted by Crippen LogP contribution is -2.45. The van der Waals surface area contributed by atoms with E-state index >= 15 is 0 Å². The summed E-state index contributed by atoms with van der Waals surface area (Å²) in [5.41, 5.74) is 1.53. The van der Waals surface area contributed by atoms with Gasteiger partial charge in [-0.2, -0.15) is 0 Å². The molecule has 0 spiro atoms. The van der Waals surface area contributed by atoms with Crippen molar-refractivity contribution in [1.82, 2.24) is 15.5 Å². The number of carbonyl (C=O) groups excluding carboxylic acids is 3. The number of carbonyl (C=O) groups is 3. The molecule has 152 valence electrons. The number of ether oxygens (including phenoxy) is 1. The van der Waals surface area contributed by atoms with Crippen LogP contribution in [-0.4, -0.2) is 68.6 Å². The molecule has 0 bridgehead atoms. The molecule has 8 nitrogen and oxygen atoms in total. The average molecular weight is 388 g/mol. The number of amides is 3. The van der Waals surface area contributed by atoms with Crippen molar-refractivity contribution in [3.05, 3.63) is 29.8 Å². The molecule has 2 N–H and O–H groups in total. The maximum atomic E-state index is 12.7. The molecular formula is C20H28N4O4. The summed E-state index contributed by atoms with van der Waals surface area (Å²) in [7, 11) is 0. The molecule has 2 aliphatic rings. The van der Waals surface area contributed by atoms with Crippen LogP contribution in [0, 0.1) is 0 Å². The maximum Gasteiger partial charge on any atom is 0.310 e. The molecule has 8 heteroatoms. The Labute approximate surface area is 165 Å². The van der Waals surface area contributed by atoms with Gasteiger partial charge in [-0.25, -0.2) is 0 Å². The standard InChI is InChI=1S/C20H28N4O4/c1-2-9-24-16-7-4-3-6-15(16)17(20(24)27)22-19(26)18(25)21-8-5-10-23-11-13-28-14-12-23/h3-4,6-7,17H,2,5,8-14H2,1H3,(H,21,25)(H,22,26)/t17-/m1/s1. The summed E-state index contributed by atoms with van der Waals surface area (Å²) in [6, 6.07) is 6.55. The fourth-order valence-corrected chi connectivity index (χ4v) is 3.59. The lowest BCUT2D eigenvalue weighted by atomic mass is 10.1. The van der Waals surface area contributed by atoms with Crippen LogP contribution in [0.25, 0.3) is 0 Å². The third kappa shape index (κ3) is 4.69. The van der Waals surface area contributed by atoms with Crippen LogP contribution in [0.1, 0.15) is 31.4 Å². The zero-order valence-corrected chi connectivity index (χ0v) is 16.3. The second-order valence-electron chi connectivity index (χ2n) is 7.02. The van der Waals surface area contributed by atoms with E-state index in [-0.39, 0.29) is 5.91 Å². The van der Waals surface area contributed by atoms with Gasteiger partial charge in [0.2, 0.25) is 0 Å². The Morgan fingerprint density at radius 2 is 1.89 bits per heavy atom. The molecule has 2 aliphatic heterocycles. The van der Waals surface area contributed by atoms with Crippen LogP contribution in [-0.2, 0) is 19.1 Å². The molecule has 3 rings (SSSR count). The van der Waals surface area contributed by atoms with Crippen LogP contribution in [0.15, 0.2) is 24.3 Å². The number of benzene rings is 1. The van der Waals surface area contributed by atoms with E-state index in [0.717, 1.165) is 56.9 Å². The Kier molecular flexibility index (Phi) is 7.00. The van der Waals surface area contributed by atoms with Gasteiger partial charge < -0.3 is 20.3 Å². The van der Waals surface area contributed by atoms with Crippen LogP contribution in [0.4, 0.5) is 5.69 Å². The predicted molar refractivity (Wildman–Crippen MR) is 105 cm³/mol. The number of rotatable bonds is 7. The van der Waals surface area contributed by atoms with E-state index in [0.29, 0.717) is 13.1 Å². The number of para-hydroxylation sites is 1. The van der Waals surface area contributed by atoms with E-state index in [4.69, 9.17) is 4.74 Å². The normalized spacial score (nSPS) is 19.4. The molecular weight excluding hydrogens is 360 g/mol. The summed E-state index contributed by atoms with van der Waals surface area (Å²) in [6.07, 6.45) is 1.57. The second-order valence-corrected chi connectivity index (χ2v) is 7.02. The van der Waals surface area contributed by atoms with Crippen LogP contribution in [0.5, 0.6) is 0 Å². The summed E-state index contributed by atoms with van der Waals surface area (Å²) in [4.78, 5) is 41.1. The average Bonchev–Trinajstić information content (AvgIpc) is 2.98. The zero-order valence-electron chi connectivity index (χ0n) is 16.3. The molecule has 2 heterocycles. The SMILES string of the molecule is CCCN1C(=O)[C@H](NC(=O)C(=O)NCCCN2CCOCC2)c2ccccc21. The number of anilines is 1. The Morgan fingerprint density at radius 3 is 2.64 bits per heavy atom. The number of nitrogens with one attached hydrogen (secondary N) is 2. The van der Waals surface area contributed by atoms with Crippen molar-refractivity contribution in [3.8, 4) is 0 Å². The van der Waals surface area contributed by atoms with Crippen LogP contribution >= 0.6 is 0 Å². The van der Waals surface area contributed by atoms with Gasteiger partial charge in [-0.3, -0.25) is 19.3 Å². The molecule has 1 saturated heterocycles. The van der Waals surface area contributed by atoms with Gasteiger partial charge in [0.1, 0.15) is 6.04 Å². The molecule has 0 unspecified atom stereocenters. The number of nitrogens with zero attached hydrogens (tertiary/aromatic N) is 2. The highest BCUT2D eigenvalue weighted by Crippen LogP contribution is 2.35. The quantitative estimate of drug-likeness (QED) is 0.523. The van der Waals surface area contributed by atoms with Crippen molar-refractivity contribution in [2.24, 2.45) is 0 Å². The molecule has 0 radical (unpaired) electrons. The monoisotopic (exact) mass is 388 g/mol. The van der Waals surface area contributed by atoms with Gasteiger partial charge in [0.05, 0.1) is 13.2 Å². The van der Waals surface area contributed by atoms with Crippen LogP contribution in [0.3, 0.4) is 0 Å². The summed E-state index contributed by atoms with van der Waals surface area (Å²) in [5.74, 6) is -1.68. The van der Waals surface area contributed by atoms with Crippen molar-refractivity contribution in [3.63, 3.8) is 0 Å². The summed E-state index contributed by atoms with van der Waals surface area (Å²) in [6.45, 7) is 7.10. The van der Waals surface area contributed by atoms with E-state index in [2.05, 4.69) is 15.5 Å². The second kappa shape index (κ2) is 9.66. The van der Waals surface area contributed by atoms with Gasteiger partial charge in [0.25, 0.3) is 5.91 Å². The fourth-order valence-electron chi connectivity index (χ4n) is 3.59. The topological polar surface area (TPSA) is 91.0 Å². The first kappa shape index (κ1) is 20.3. The molecule has 0 saturated carbocycles. The van der Waals surface area contributed by atoms with Crippen molar-refractivity contribution in [1.29, 1.82) is 0 Å². The van der Waals surface area contributed by atoms with Crippen LogP contribution < -0.4 is 15.5 Å². The van der Waals surface area contributed by atoms with Crippen molar-refractivity contribution < 1.29 is 19.1 Å². The lowest BCUT2D eigenvalue weighted by molar-refractivity contribution is -0.140. The first-order valence-corrected chi connectivity index (χ1v) is 9.91. The Morgan fingerprint density at radius 1 is 1.14 bits per heavy atom. The predicted octanol–water partition coefficient (Wildman–Crippen LogP) is 0.439. The van der Waals surface area contributed by atoms with E-state index in [1.54, 1.807) is 4.90 Å². The number of hydrogen-bond acceptors (Lipinski definition) is 5. The fraction of sp³-hybridized carbons (Fsp3) is 0.550. The molecule has 0 aliphatic carbocycles. The first-order chi connectivity index (χ1) is 13.6. The molecule has 1 aromatic rings. The minimum atomic E-state index is -0.811. The van der Waals surface area contributed by atoms with E-state index in [1.807, 2.05) is 31.2 Å². The van der Waals surface area contributed by atoms with E-state index < -0.39 is 17.9 Å². The minimum absolute atomic E-state index is 0.198. The Bertz CT molecular complexity index is 718. The van der Waals surface area contributed by atoms with Crippen molar-refractivity contribution in [2.75, 3.05) is 50.8 Å². The lowest BCUT2D eigenvalue weighted by Gasteiger charge is -2.26. The first-order valence-electron chi connectivity index (χ1n) is 9.91. The highest BCUT2D eigenvalue weighted by molar-refractivity contribution is 6.35. The molecule has 0 aromatic heterocycles. The molecule has 1 fully saturated rings. The number of fused-ring (bicyclic) bond motifs is 1. The Balaban J connectivity index is 1.49. The third-order valence-corrected chi connectivity index (χ3v) is 5.02. The number of morpholine rings is 1. The summed E-state index contributed by atoms with van der Waals surface area (Å²) >= 11 is 0. The van der Waals surface area contributed by atoms with Crippen molar-refractivity contribution in [2.45, 2.75) is 25.8 Å². The van der Waals surface area contributed by atoms with Gasteiger partial charge in [0, 0.05) is 37.4 Å². The van der Waals surface area contributed by atoms with Gasteiger partial charge >= 0.3 is 11.8 Å². The largest absolute Gasteiger partial charge is 0.379 e. The maximum absolute atomic E-state index is 12.7. The molecule has 1 atom stereocenters. The molecule has 28 heavy (non-hydrogen) atoms. The van der Waals surface area contributed by atoms with E-state index in [1.165, 1.54) is 0 Å². The van der Waals surface area contributed by atoms with Gasteiger partial charge in [-0.05, 0) is 25.5 Å². The van der Waals surface area contributed by atoms with Gasteiger partial charge in [-0.15, -0.1) is 0 Å². The van der Waals surface area contributed by atoms with Gasteiger partial charge in [-0.1, -0.05) is 25.1 Å². The summed E-state index contributed by atoms with van der Waals surface area (Å²) in [5, 5.41) is 5.23. The molecule has 1 aromatic carbocycles. The van der Waals surface area contributed by atoms with Crippen LogP contribution in [0.2, 0.25) is 0 Å². The van der Waals surface area contributed by atoms with Gasteiger partial charge in [0.15, 0.2) is 0 Å². The third-order valence-electron chi connectivity index (χ3n) is 5.02. The minimum Gasteiger partial charge on any atom is -0.379 e.